The van der Waals surface area contributed by atoms with E-state index in [0.717, 1.165) is 17.5 Å². The Kier molecular flexibility index (Phi) is 4.34. The minimum Gasteiger partial charge on any atom is -0.325 e. The molecule has 1 saturated heterocycles. The Morgan fingerprint density at radius 1 is 1.17 bits per heavy atom. The molecule has 1 aliphatic rings. The molecule has 1 aromatic carbocycles. The quantitative estimate of drug-likeness (QED) is 0.911. The average molecular weight is 317 g/mol. The van der Waals surface area contributed by atoms with Gasteiger partial charge in [0.05, 0.1) is 12.6 Å². The number of carbonyl (C=O) groups is 1. The van der Waals surface area contributed by atoms with Gasteiger partial charge in [-0.15, -0.1) is 0 Å². The molecular formula is C17H17F2N3O. The Balaban J connectivity index is 1.58. The third kappa shape index (κ3) is 4.10. The van der Waals surface area contributed by atoms with Gasteiger partial charge < -0.3 is 5.32 Å². The molecule has 3 rings (SSSR count). The number of amides is 1. The maximum atomic E-state index is 13.1. The van der Waals surface area contributed by atoms with Crippen LogP contribution in [-0.2, 0) is 11.2 Å². The van der Waals surface area contributed by atoms with Crippen LogP contribution in [0.2, 0.25) is 0 Å². The van der Waals surface area contributed by atoms with E-state index in [1.54, 1.807) is 24.5 Å². The molecular weight excluding hydrogens is 300 g/mol. The first-order valence-electron chi connectivity index (χ1n) is 7.42. The standard InChI is InChI=1S/C17H17F2N3O/c18-17(19)10-15(21-11-17)16(23)22-14-3-1-12(2-4-14)9-13-5-7-20-8-6-13/h1-8,15,21H,9-11H2,(H,22,23). The maximum Gasteiger partial charge on any atom is 0.262 e. The van der Waals surface area contributed by atoms with Crippen LogP contribution in [0.25, 0.3) is 0 Å². The molecule has 0 bridgehead atoms. The van der Waals surface area contributed by atoms with E-state index in [1.165, 1.54) is 0 Å². The molecule has 23 heavy (non-hydrogen) atoms. The highest BCUT2D eigenvalue weighted by Crippen LogP contribution is 2.25. The highest BCUT2D eigenvalue weighted by Gasteiger charge is 2.42. The minimum atomic E-state index is -2.81. The Morgan fingerprint density at radius 3 is 2.43 bits per heavy atom. The van der Waals surface area contributed by atoms with Crippen molar-refractivity contribution in [3.8, 4) is 0 Å². The van der Waals surface area contributed by atoms with Crippen LogP contribution in [-0.4, -0.2) is 29.4 Å². The van der Waals surface area contributed by atoms with Crippen molar-refractivity contribution in [2.75, 3.05) is 11.9 Å². The van der Waals surface area contributed by atoms with Crippen molar-refractivity contribution >= 4 is 11.6 Å². The lowest BCUT2D eigenvalue weighted by atomic mass is 10.1. The van der Waals surface area contributed by atoms with E-state index >= 15 is 0 Å². The molecule has 6 heteroatoms. The summed E-state index contributed by atoms with van der Waals surface area (Å²) < 4.78 is 26.2. The van der Waals surface area contributed by atoms with Gasteiger partial charge in [0.15, 0.2) is 0 Å². The second kappa shape index (κ2) is 6.42. The number of rotatable bonds is 4. The summed E-state index contributed by atoms with van der Waals surface area (Å²) in [5.41, 5.74) is 2.85. The second-order valence-corrected chi connectivity index (χ2v) is 5.71. The molecule has 1 amide bonds. The molecule has 1 unspecified atom stereocenters. The zero-order valence-corrected chi connectivity index (χ0v) is 12.4. The second-order valence-electron chi connectivity index (χ2n) is 5.71. The number of pyridine rings is 1. The number of hydrogen-bond acceptors (Lipinski definition) is 3. The molecule has 1 fully saturated rings. The van der Waals surface area contributed by atoms with Gasteiger partial charge in [-0.05, 0) is 41.8 Å². The van der Waals surface area contributed by atoms with Gasteiger partial charge in [-0.3, -0.25) is 15.1 Å². The topological polar surface area (TPSA) is 54.0 Å². The van der Waals surface area contributed by atoms with Gasteiger partial charge in [-0.2, -0.15) is 0 Å². The SMILES string of the molecule is O=C(Nc1ccc(Cc2ccncc2)cc1)C1CC(F)(F)CN1. The van der Waals surface area contributed by atoms with Crippen molar-refractivity contribution in [2.24, 2.45) is 0 Å². The number of alkyl halides is 2. The Morgan fingerprint density at radius 2 is 1.83 bits per heavy atom. The lowest BCUT2D eigenvalue weighted by Gasteiger charge is -2.11. The van der Waals surface area contributed by atoms with Gasteiger partial charge in [-0.25, -0.2) is 8.78 Å². The summed E-state index contributed by atoms with van der Waals surface area (Å²) >= 11 is 0. The van der Waals surface area contributed by atoms with Crippen molar-refractivity contribution in [3.63, 3.8) is 0 Å². The molecule has 1 aromatic heterocycles. The van der Waals surface area contributed by atoms with E-state index in [4.69, 9.17) is 0 Å². The summed E-state index contributed by atoms with van der Waals surface area (Å²) in [5.74, 6) is -3.24. The fourth-order valence-electron chi connectivity index (χ4n) is 2.57. The van der Waals surface area contributed by atoms with Crippen LogP contribution in [0.1, 0.15) is 17.5 Å². The molecule has 0 saturated carbocycles. The maximum absolute atomic E-state index is 13.1. The van der Waals surface area contributed by atoms with Gasteiger partial charge in [-0.1, -0.05) is 12.1 Å². The van der Waals surface area contributed by atoms with Crippen LogP contribution >= 0.6 is 0 Å². The molecule has 2 aromatic rings. The van der Waals surface area contributed by atoms with Gasteiger partial charge >= 0.3 is 0 Å². The molecule has 2 N–H and O–H groups in total. The highest BCUT2D eigenvalue weighted by molar-refractivity contribution is 5.95. The van der Waals surface area contributed by atoms with Gasteiger partial charge in [0, 0.05) is 24.5 Å². The smallest absolute Gasteiger partial charge is 0.262 e. The van der Waals surface area contributed by atoms with Crippen molar-refractivity contribution in [2.45, 2.75) is 24.8 Å². The van der Waals surface area contributed by atoms with Crippen LogP contribution < -0.4 is 10.6 Å². The normalized spacial score (nSPS) is 19.5. The minimum absolute atomic E-state index is 0.427. The molecule has 1 atom stereocenters. The van der Waals surface area contributed by atoms with Gasteiger partial charge in [0.2, 0.25) is 5.91 Å². The van der Waals surface area contributed by atoms with Gasteiger partial charge in [0.25, 0.3) is 5.92 Å². The lowest BCUT2D eigenvalue weighted by Crippen LogP contribution is -2.35. The summed E-state index contributed by atoms with van der Waals surface area (Å²) in [6.45, 7) is -0.448. The number of nitrogens with one attached hydrogen (secondary N) is 2. The fourth-order valence-corrected chi connectivity index (χ4v) is 2.57. The zero-order chi connectivity index (χ0) is 16.3. The number of hydrogen-bond donors (Lipinski definition) is 2. The number of benzene rings is 1. The third-order valence-electron chi connectivity index (χ3n) is 3.81. The van der Waals surface area contributed by atoms with Gasteiger partial charge in [0.1, 0.15) is 0 Å². The van der Waals surface area contributed by atoms with E-state index < -0.39 is 30.8 Å². The zero-order valence-electron chi connectivity index (χ0n) is 12.4. The van der Waals surface area contributed by atoms with E-state index in [-0.39, 0.29) is 0 Å². The van der Waals surface area contributed by atoms with E-state index in [2.05, 4.69) is 15.6 Å². The first-order chi connectivity index (χ1) is 11.0. The number of anilines is 1. The van der Waals surface area contributed by atoms with Crippen molar-refractivity contribution in [1.82, 2.24) is 10.3 Å². The number of aromatic nitrogens is 1. The van der Waals surface area contributed by atoms with Crippen molar-refractivity contribution in [1.29, 1.82) is 0 Å². The average Bonchev–Trinajstić information content (AvgIpc) is 2.90. The molecule has 4 nitrogen and oxygen atoms in total. The number of carbonyl (C=O) groups excluding carboxylic acids is 1. The lowest BCUT2D eigenvalue weighted by molar-refractivity contribution is -0.118. The highest BCUT2D eigenvalue weighted by atomic mass is 19.3. The number of nitrogens with zero attached hydrogens (tertiary/aromatic N) is 1. The Labute approximate surface area is 132 Å². The van der Waals surface area contributed by atoms with Crippen LogP contribution in [0.15, 0.2) is 48.8 Å². The molecule has 0 spiro atoms. The largest absolute Gasteiger partial charge is 0.325 e. The molecule has 0 aliphatic carbocycles. The first kappa shape index (κ1) is 15.6. The molecule has 2 heterocycles. The predicted octanol–water partition coefficient (Wildman–Crippen LogP) is 2.61. The summed E-state index contributed by atoms with van der Waals surface area (Å²) in [6, 6.07) is 10.4. The van der Waals surface area contributed by atoms with Crippen LogP contribution in [0.5, 0.6) is 0 Å². The summed E-state index contributed by atoms with van der Waals surface area (Å²) in [6.07, 6.45) is 3.80. The molecule has 0 radical (unpaired) electrons. The Hall–Kier alpha value is -2.34. The number of halogens is 2. The van der Waals surface area contributed by atoms with Crippen molar-refractivity contribution < 1.29 is 13.6 Å². The molecule has 120 valence electrons. The monoisotopic (exact) mass is 317 g/mol. The Bertz CT molecular complexity index is 674. The first-order valence-corrected chi connectivity index (χ1v) is 7.42. The predicted molar refractivity (Wildman–Crippen MR) is 83.5 cm³/mol. The van der Waals surface area contributed by atoms with E-state index in [0.29, 0.717) is 5.69 Å². The van der Waals surface area contributed by atoms with E-state index in [1.807, 2.05) is 24.3 Å². The summed E-state index contributed by atoms with van der Waals surface area (Å²) in [4.78, 5) is 15.9. The van der Waals surface area contributed by atoms with E-state index in [9.17, 15) is 13.6 Å². The summed E-state index contributed by atoms with van der Waals surface area (Å²) in [5, 5.41) is 5.21. The third-order valence-corrected chi connectivity index (χ3v) is 3.81. The van der Waals surface area contributed by atoms with Crippen LogP contribution in [0.3, 0.4) is 0 Å². The summed E-state index contributed by atoms with van der Waals surface area (Å²) in [7, 11) is 0. The molecule has 1 aliphatic heterocycles. The fraction of sp³-hybridized carbons (Fsp3) is 0.294. The van der Waals surface area contributed by atoms with Crippen molar-refractivity contribution in [3.05, 3.63) is 59.9 Å². The van der Waals surface area contributed by atoms with Crippen LogP contribution in [0, 0.1) is 0 Å². The van der Waals surface area contributed by atoms with Crippen LogP contribution in [0.4, 0.5) is 14.5 Å².